The van der Waals surface area contributed by atoms with Crippen LogP contribution in [0, 0.1) is 0 Å². The average Bonchev–Trinajstić information content (AvgIpc) is 3.29. The maximum atomic E-state index is 12.4. The van der Waals surface area contributed by atoms with Gasteiger partial charge in [-0.3, -0.25) is 9.78 Å². The smallest absolute Gasteiger partial charge is 0.251 e. The molecule has 0 aliphatic carbocycles. The summed E-state index contributed by atoms with van der Waals surface area (Å²) in [5, 5.41) is 16.0. The van der Waals surface area contributed by atoms with E-state index < -0.39 is 0 Å². The number of carbonyl (C=O) groups is 1. The Kier molecular flexibility index (Phi) is 6.64. The van der Waals surface area contributed by atoms with E-state index in [0.717, 1.165) is 25.2 Å². The Labute approximate surface area is 186 Å². The van der Waals surface area contributed by atoms with Crippen LogP contribution in [0.4, 0.5) is 11.5 Å². The van der Waals surface area contributed by atoms with Crippen LogP contribution in [-0.4, -0.2) is 52.1 Å². The van der Waals surface area contributed by atoms with Crippen molar-refractivity contribution in [3.05, 3.63) is 65.4 Å². The highest BCUT2D eigenvalue weighted by Gasteiger charge is 2.13. The molecule has 0 radical (unpaired) electrons. The second kappa shape index (κ2) is 9.76. The van der Waals surface area contributed by atoms with Gasteiger partial charge in [-0.15, -0.1) is 0 Å². The van der Waals surface area contributed by atoms with Crippen molar-refractivity contribution in [3.8, 4) is 17.0 Å². The van der Waals surface area contributed by atoms with Crippen molar-refractivity contribution < 1.29 is 9.90 Å². The second-order valence-electron chi connectivity index (χ2n) is 7.46. The quantitative estimate of drug-likeness (QED) is 0.516. The van der Waals surface area contributed by atoms with Crippen molar-refractivity contribution in [2.45, 2.75) is 12.8 Å². The number of rotatable bonds is 7. The molecule has 7 nitrogen and oxygen atoms in total. The van der Waals surface area contributed by atoms with Crippen LogP contribution in [0.2, 0.25) is 5.02 Å². The molecule has 0 spiro atoms. The van der Waals surface area contributed by atoms with Gasteiger partial charge in [-0.1, -0.05) is 11.6 Å². The van der Waals surface area contributed by atoms with Crippen molar-refractivity contribution in [2.75, 3.05) is 31.5 Å². The van der Waals surface area contributed by atoms with Gasteiger partial charge in [0.1, 0.15) is 11.6 Å². The zero-order valence-electron chi connectivity index (χ0n) is 17.0. The highest BCUT2D eigenvalue weighted by atomic mass is 35.5. The molecule has 1 fully saturated rings. The molecule has 1 aliphatic rings. The van der Waals surface area contributed by atoms with E-state index >= 15 is 0 Å². The van der Waals surface area contributed by atoms with E-state index in [0.29, 0.717) is 34.3 Å². The molecule has 1 amide bonds. The van der Waals surface area contributed by atoms with Gasteiger partial charge in [0.05, 0.1) is 28.8 Å². The van der Waals surface area contributed by atoms with E-state index in [4.69, 9.17) is 11.6 Å². The Bertz CT molecular complexity index is 1050. The van der Waals surface area contributed by atoms with E-state index in [1.807, 2.05) is 0 Å². The van der Waals surface area contributed by atoms with Crippen LogP contribution in [-0.2, 0) is 0 Å². The molecule has 3 aromatic rings. The molecule has 160 valence electrons. The third kappa shape index (κ3) is 5.51. The van der Waals surface area contributed by atoms with E-state index in [2.05, 4.69) is 25.5 Å². The number of aromatic hydroxyl groups is 1. The van der Waals surface area contributed by atoms with Gasteiger partial charge >= 0.3 is 0 Å². The van der Waals surface area contributed by atoms with Crippen LogP contribution in [0.25, 0.3) is 11.3 Å². The topological polar surface area (TPSA) is 90.4 Å². The standard InChI is InChI=1S/C23H24ClN5O2/c24-19-13-17(23(31)26-9-12-29-10-1-2-11-29)5-8-20(19)27-22-15-25-14-21(28-22)16-3-6-18(30)7-4-16/h3-8,13-15,30H,1-2,9-12H2,(H,26,31)(H,27,28). The SMILES string of the molecule is O=C(NCCN1CCCC1)c1ccc(Nc2cncc(-c3ccc(O)cc3)n2)c(Cl)c1. The number of carbonyl (C=O) groups excluding carboxylic acids is 1. The molecule has 0 saturated carbocycles. The van der Waals surface area contributed by atoms with Gasteiger partial charge < -0.3 is 20.6 Å². The van der Waals surface area contributed by atoms with Crippen LogP contribution >= 0.6 is 11.6 Å². The minimum absolute atomic E-state index is 0.137. The summed E-state index contributed by atoms with van der Waals surface area (Å²) in [5.74, 6) is 0.579. The van der Waals surface area contributed by atoms with Gasteiger partial charge in [-0.25, -0.2) is 4.98 Å². The molecule has 0 unspecified atom stereocenters. The number of phenols is 1. The number of hydrogen-bond donors (Lipinski definition) is 3. The number of likely N-dealkylation sites (tertiary alicyclic amines) is 1. The number of nitrogens with one attached hydrogen (secondary N) is 2. The van der Waals surface area contributed by atoms with Gasteiger partial charge in [0.25, 0.3) is 5.91 Å². The van der Waals surface area contributed by atoms with E-state index in [1.165, 1.54) is 12.8 Å². The Balaban J connectivity index is 1.39. The monoisotopic (exact) mass is 437 g/mol. The first kappa shape index (κ1) is 21.1. The van der Waals surface area contributed by atoms with Gasteiger partial charge in [0.15, 0.2) is 0 Å². The zero-order valence-corrected chi connectivity index (χ0v) is 17.8. The maximum Gasteiger partial charge on any atom is 0.251 e. The lowest BCUT2D eigenvalue weighted by Gasteiger charge is -2.15. The van der Waals surface area contributed by atoms with E-state index in [-0.39, 0.29) is 11.7 Å². The zero-order chi connectivity index (χ0) is 21.6. The van der Waals surface area contributed by atoms with Crippen LogP contribution in [0.3, 0.4) is 0 Å². The van der Waals surface area contributed by atoms with Gasteiger partial charge in [-0.2, -0.15) is 0 Å². The van der Waals surface area contributed by atoms with Crippen LogP contribution in [0.5, 0.6) is 5.75 Å². The fourth-order valence-corrected chi connectivity index (χ4v) is 3.76. The lowest BCUT2D eigenvalue weighted by atomic mass is 10.1. The molecular weight excluding hydrogens is 414 g/mol. The predicted molar refractivity (Wildman–Crippen MR) is 122 cm³/mol. The largest absolute Gasteiger partial charge is 0.508 e. The molecule has 0 bridgehead atoms. The van der Waals surface area contributed by atoms with Crippen molar-refractivity contribution in [1.29, 1.82) is 0 Å². The Morgan fingerprint density at radius 2 is 1.87 bits per heavy atom. The van der Waals surface area contributed by atoms with Crippen LogP contribution in [0.1, 0.15) is 23.2 Å². The van der Waals surface area contributed by atoms with Crippen molar-refractivity contribution in [3.63, 3.8) is 0 Å². The molecule has 1 aliphatic heterocycles. The first-order valence-corrected chi connectivity index (χ1v) is 10.6. The fourth-order valence-electron chi connectivity index (χ4n) is 3.53. The summed E-state index contributed by atoms with van der Waals surface area (Å²) in [6.45, 7) is 3.71. The summed E-state index contributed by atoms with van der Waals surface area (Å²) in [5.41, 5.74) is 2.64. The predicted octanol–water partition coefficient (Wildman–Crippen LogP) is 4.07. The summed E-state index contributed by atoms with van der Waals surface area (Å²) >= 11 is 6.41. The molecular formula is C23H24ClN5O2. The molecule has 2 heterocycles. The van der Waals surface area contributed by atoms with Crippen LogP contribution < -0.4 is 10.6 Å². The van der Waals surface area contributed by atoms with Crippen LogP contribution in [0.15, 0.2) is 54.9 Å². The molecule has 3 N–H and O–H groups in total. The van der Waals surface area contributed by atoms with Crippen molar-refractivity contribution >= 4 is 29.0 Å². The Morgan fingerprint density at radius 1 is 1.10 bits per heavy atom. The maximum absolute atomic E-state index is 12.4. The second-order valence-corrected chi connectivity index (χ2v) is 7.87. The minimum atomic E-state index is -0.137. The lowest BCUT2D eigenvalue weighted by Crippen LogP contribution is -2.33. The fraction of sp³-hybridized carbons (Fsp3) is 0.261. The summed E-state index contributed by atoms with van der Waals surface area (Å²) < 4.78 is 0. The summed E-state index contributed by atoms with van der Waals surface area (Å²) in [4.78, 5) is 23.5. The van der Waals surface area contributed by atoms with Crippen molar-refractivity contribution in [1.82, 2.24) is 20.2 Å². The van der Waals surface area contributed by atoms with Crippen molar-refractivity contribution in [2.24, 2.45) is 0 Å². The van der Waals surface area contributed by atoms with Gasteiger partial charge in [0, 0.05) is 24.2 Å². The summed E-state index contributed by atoms with van der Waals surface area (Å²) in [6.07, 6.45) is 5.72. The number of hydrogen-bond acceptors (Lipinski definition) is 6. The highest BCUT2D eigenvalue weighted by molar-refractivity contribution is 6.33. The summed E-state index contributed by atoms with van der Waals surface area (Å²) in [6, 6.07) is 11.9. The summed E-state index contributed by atoms with van der Waals surface area (Å²) in [7, 11) is 0. The molecule has 31 heavy (non-hydrogen) atoms. The van der Waals surface area contributed by atoms with E-state index in [9.17, 15) is 9.90 Å². The Hall–Kier alpha value is -3.16. The minimum Gasteiger partial charge on any atom is -0.508 e. The lowest BCUT2D eigenvalue weighted by molar-refractivity contribution is 0.0950. The molecule has 8 heteroatoms. The first-order chi connectivity index (χ1) is 15.1. The molecule has 1 saturated heterocycles. The average molecular weight is 438 g/mol. The molecule has 1 aromatic heterocycles. The third-order valence-corrected chi connectivity index (χ3v) is 5.52. The number of anilines is 2. The number of amides is 1. The highest BCUT2D eigenvalue weighted by Crippen LogP contribution is 2.27. The Morgan fingerprint density at radius 3 is 2.61 bits per heavy atom. The third-order valence-electron chi connectivity index (χ3n) is 5.20. The molecule has 0 atom stereocenters. The number of aromatic nitrogens is 2. The van der Waals surface area contributed by atoms with Gasteiger partial charge in [0.2, 0.25) is 0 Å². The first-order valence-electron chi connectivity index (χ1n) is 10.3. The number of nitrogens with zero attached hydrogens (tertiary/aromatic N) is 3. The molecule has 4 rings (SSSR count). The normalized spacial score (nSPS) is 13.8. The number of benzene rings is 2. The van der Waals surface area contributed by atoms with Gasteiger partial charge in [-0.05, 0) is 68.4 Å². The van der Waals surface area contributed by atoms with E-state index in [1.54, 1.807) is 54.9 Å². The number of phenolic OH excluding ortho intramolecular Hbond substituents is 1. The molecule has 2 aromatic carbocycles. The number of halogens is 1.